The fourth-order valence-electron chi connectivity index (χ4n) is 2.85. The van der Waals surface area contributed by atoms with Crippen molar-refractivity contribution >= 4 is 17.7 Å². The van der Waals surface area contributed by atoms with Gasteiger partial charge >= 0.3 is 5.97 Å². The quantitative estimate of drug-likeness (QED) is 0.542. The third-order valence-corrected chi connectivity index (χ3v) is 5.23. The van der Waals surface area contributed by atoms with Crippen molar-refractivity contribution in [2.45, 2.75) is 24.8 Å². The van der Waals surface area contributed by atoms with Crippen molar-refractivity contribution in [2.75, 3.05) is 12.4 Å². The van der Waals surface area contributed by atoms with E-state index in [0.29, 0.717) is 30.2 Å². The first-order chi connectivity index (χ1) is 14.1. The minimum atomic E-state index is -1.01. The third-order valence-electron chi connectivity index (χ3n) is 4.24. The van der Waals surface area contributed by atoms with Crippen LogP contribution in [0.5, 0.6) is 5.75 Å². The number of ether oxygens (including phenoxy) is 1. The maximum Gasteiger partial charge on any atom is 0.341 e. The largest absolute Gasteiger partial charge is 0.482 e. The monoisotopic (exact) mass is 410 g/mol. The van der Waals surface area contributed by atoms with E-state index in [1.807, 2.05) is 49.4 Å². The van der Waals surface area contributed by atoms with Crippen molar-refractivity contribution in [1.29, 1.82) is 0 Å². The Morgan fingerprint density at radius 2 is 1.86 bits per heavy atom. The molecule has 1 N–H and O–H groups in total. The predicted molar refractivity (Wildman–Crippen MR) is 114 cm³/mol. The van der Waals surface area contributed by atoms with Crippen LogP contribution in [0.3, 0.4) is 0 Å². The lowest BCUT2D eigenvalue weighted by Gasteiger charge is -2.12. The Hall–Kier alpha value is -3.06. The number of aliphatic carboxylic acids is 1. The highest BCUT2D eigenvalue weighted by molar-refractivity contribution is 7.99. The van der Waals surface area contributed by atoms with Crippen LogP contribution in [0, 0.1) is 0 Å². The Balaban J connectivity index is 1.64. The zero-order chi connectivity index (χ0) is 20.6. The summed E-state index contributed by atoms with van der Waals surface area (Å²) in [5, 5.41) is 8.64. The summed E-state index contributed by atoms with van der Waals surface area (Å²) < 4.78 is 6.85. The fourth-order valence-corrected chi connectivity index (χ4v) is 3.69. The van der Waals surface area contributed by atoms with Gasteiger partial charge in [0.1, 0.15) is 11.6 Å². The molecule has 0 saturated carbocycles. The highest BCUT2D eigenvalue weighted by atomic mass is 32.2. The van der Waals surface area contributed by atoms with Gasteiger partial charge in [0.15, 0.2) is 6.61 Å². The van der Waals surface area contributed by atoms with Gasteiger partial charge in [-0.3, -0.25) is 9.36 Å². The number of carboxylic acid groups (broad SMARTS) is 1. The van der Waals surface area contributed by atoms with Gasteiger partial charge in [-0.2, -0.15) is 0 Å². The minimum absolute atomic E-state index is 0.0475. The fraction of sp³-hybridized carbons (Fsp3) is 0.227. The average molecular weight is 410 g/mol. The number of carboxylic acids is 1. The Kier molecular flexibility index (Phi) is 7.08. The van der Waals surface area contributed by atoms with Crippen LogP contribution < -0.4 is 10.3 Å². The van der Waals surface area contributed by atoms with Crippen LogP contribution in [0.15, 0.2) is 70.4 Å². The second kappa shape index (κ2) is 9.93. The second-order valence-electron chi connectivity index (χ2n) is 6.27. The van der Waals surface area contributed by atoms with E-state index in [1.165, 1.54) is 0 Å². The molecule has 0 aliphatic rings. The standard InChI is InChI=1S/C22H22N2O4S/c1-2-20-23-19(16-6-4-3-5-7-16)14-21(25)24(20)12-13-29-18-10-8-17(9-11-18)28-15-22(26)27/h3-11,14H,2,12-13,15H2,1H3,(H,26,27). The number of nitrogens with zero attached hydrogens (tertiary/aromatic N) is 2. The zero-order valence-corrected chi connectivity index (χ0v) is 16.9. The van der Waals surface area contributed by atoms with Gasteiger partial charge < -0.3 is 9.84 Å². The number of aryl methyl sites for hydroxylation is 1. The van der Waals surface area contributed by atoms with E-state index in [4.69, 9.17) is 9.84 Å². The molecule has 6 nitrogen and oxygen atoms in total. The predicted octanol–water partition coefficient (Wildman–Crippen LogP) is 3.73. The van der Waals surface area contributed by atoms with Gasteiger partial charge in [-0.05, 0) is 24.3 Å². The Labute approximate surface area is 173 Å². The molecule has 3 aromatic rings. The summed E-state index contributed by atoms with van der Waals surface area (Å²) in [4.78, 5) is 28.9. The van der Waals surface area contributed by atoms with Gasteiger partial charge in [-0.25, -0.2) is 9.78 Å². The summed E-state index contributed by atoms with van der Waals surface area (Å²) >= 11 is 1.62. The normalized spacial score (nSPS) is 10.7. The maximum atomic E-state index is 12.7. The van der Waals surface area contributed by atoms with E-state index in [0.717, 1.165) is 16.3 Å². The van der Waals surface area contributed by atoms with E-state index in [2.05, 4.69) is 4.98 Å². The van der Waals surface area contributed by atoms with Crippen molar-refractivity contribution in [3.05, 3.63) is 76.8 Å². The smallest absolute Gasteiger partial charge is 0.341 e. The molecule has 0 amide bonds. The first-order valence-corrected chi connectivity index (χ1v) is 10.3. The van der Waals surface area contributed by atoms with Crippen LogP contribution in [0.25, 0.3) is 11.3 Å². The van der Waals surface area contributed by atoms with Gasteiger partial charge in [-0.15, -0.1) is 11.8 Å². The number of thioether (sulfide) groups is 1. The SMILES string of the molecule is CCc1nc(-c2ccccc2)cc(=O)n1CCSc1ccc(OCC(=O)O)cc1. The van der Waals surface area contributed by atoms with Gasteiger partial charge in [-0.1, -0.05) is 37.3 Å². The van der Waals surface area contributed by atoms with E-state index in [9.17, 15) is 9.59 Å². The van der Waals surface area contributed by atoms with Crippen LogP contribution in [0.2, 0.25) is 0 Å². The van der Waals surface area contributed by atoms with Crippen molar-refractivity contribution in [3.8, 4) is 17.0 Å². The molecule has 29 heavy (non-hydrogen) atoms. The molecule has 0 saturated heterocycles. The number of rotatable bonds is 9. The average Bonchev–Trinajstić information content (AvgIpc) is 2.74. The van der Waals surface area contributed by atoms with Gasteiger partial charge in [0.2, 0.25) is 0 Å². The zero-order valence-electron chi connectivity index (χ0n) is 16.1. The van der Waals surface area contributed by atoms with Gasteiger partial charge in [0.05, 0.1) is 5.69 Å². The number of aromatic nitrogens is 2. The summed E-state index contributed by atoms with van der Waals surface area (Å²) in [6.45, 7) is 2.20. The van der Waals surface area contributed by atoms with Crippen LogP contribution in [-0.4, -0.2) is 33.0 Å². The van der Waals surface area contributed by atoms with E-state index in [1.54, 1.807) is 34.5 Å². The first-order valence-electron chi connectivity index (χ1n) is 9.30. The molecule has 150 valence electrons. The topological polar surface area (TPSA) is 81.4 Å². The van der Waals surface area contributed by atoms with Gasteiger partial charge in [0.25, 0.3) is 5.56 Å². The van der Waals surface area contributed by atoms with Crippen molar-refractivity contribution in [2.24, 2.45) is 0 Å². The molecule has 0 aliphatic carbocycles. The lowest BCUT2D eigenvalue weighted by Crippen LogP contribution is -2.25. The van der Waals surface area contributed by atoms with Crippen LogP contribution in [-0.2, 0) is 17.8 Å². The molecule has 2 aromatic carbocycles. The van der Waals surface area contributed by atoms with E-state index >= 15 is 0 Å². The number of carbonyl (C=O) groups is 1. The van der Waals surface area contributed by atoms with E-state index < -0.39 is 5.97 Å². The Morgan fingerprint density at radius 3 is 2.52 bits per heavy atom. The molecule has 0 radical (unpaired) electrons. The molecule has 0 fully saturated rings. The van der Waals surface area contributed by atoms with Crippen LogP contribution in [0.1, 0.15) is 12.7 Å². The highest BCUT2D eigenvalue weighted by Crippen LogP contribution is 2.22. The first kappa shape index (κ1) is 20.7. The molecule has 1 aromatic heterocycles. The van der Waals surface area contributed by atoms with Crippen molar-refractivity contribution in [3.63, 3.8) is 0 Å². The molecule has 1 heterocycles. The Bertz CT molecular complexity index is 1020. The molecular weight excluding hydrogens is 388 g/mol. The minimum Gasteiger partial charge on any atom is -0.482 e. The lowest BCUT2D eigenvalue weighted by atomic mass is 10.1. The molecule has 0 bridgehead atoms. The number of hydrogen-bond acceptors (Lipinski definition) is 5. The van der Waals surface area contributed by atoms with Crippen LogP contribution in [0.4, 0.5) is 0 Å². The second-order valence-corrected chi connectivity index (χ2v) is 7.44. The van der Waals surface area contributed by atoms with Crippen molar-refractivity contribution < 1.29 is 14.6 Å². The molecular formula is C22H22N2O4S. The molecule has 3 rings (SSSR count). The molecule has 0 atom stereocenters. The Morgan fingerprint density at radius 1 is 1.14 bits per heavy atom. The number of benzene rings is 2. The summed E-state index contributed by atoms with van der Waals surface area (Å²) in [5.74, 6) is 0.998. The van der Waals surface area contributed by atoms with Crippen LogP contribution >= 0.6 is 11.8 Å². The highest BCUT2D eigenvalue weighted by Gasteiger charge is 2.09. The summed E-state index contributed by atoms with van der Waals surface area (Å²) in [6.07, 6.45) is 0.677. The molecule has 0 spiro atoms. The summed E-state index contributed by atoms with van der Waals surface area (Å²) in [5.41, 5.74) is 1.59. The third kappa shape index (κ3) is 5.71. The summed E-state index contributed by atoms with van der Waals surface area (Å²) in [7, 11) is 0. The maximum absolute atomic E-state index is 12.7. The van der Waals surface area contributed by atoms with E-state index in [-0.39, 0.29) is 12.2 Å². The molecule has 0 unspecified atom stereocenters. The number of hydrogen-bond donors (Lipinski definition) is 1. The summed E-state index contributed by atoms with van der Waals surface area (Å²) in [6, 6.07) is 18.5. The van der Waals surface area contributed by atoms with Crippen molar-refractivity contribution in [1.82, 2.24) is 9.55 Å². The molecule has 7 heteroatoms. The molecule has 0 aliphatic heterocycles. The lowest BCUT2D eigenvalue weighted by molar-refractivity contribution is -0.139. The van der Waals surface area contributed by atoms with Gasteiger partial charge in [0, 0.05) is 35.2 Å².